The summed E-state index contributed by atoms with van der Waals surface area (Å²) in [7, 11) is 0. The molecule has 0 amide bonds. The zero-order chi connectivity index (χ0) is 19.5. The minimum atomic E-state index is -0.624. The zero-order valence-corrected chi connectivity index (χ0v) is 15.7. The van der Waals surface area contributed by atoms with Gasteiger partial charge in [-0.15, -0.1) is 0 Å². The van der Waals surface area contributed by atoms with E-state index in [0.717, 1.165) is 22.5 Å². The molecule has 0 saturated carbocycles. The molecule has 0 spiro atoms. The van der Waals surface area contributed by atoms with Crippen molar-refractivity contribution in [1.82, 2.24) is 9.69 Å². The van der Waals surface area contributed by atoms with E-state index in [2.05, 4.69) is 9.69 Å². The van der Waals surface area contributed by atoms with Gasteiger partial charge in [-0.25, -0.2) is 13.2 Å². The van der Waals surface area contributed by atoms with Crippen molar-refractivity contribution in [3.05, 3.63) is 65.4 Å². The van der Waals surface area contributed by atoms with Gasteiger partial charge < -0.3 is 10.1 Å². The predicted octanol–water partition coefficient (Wildman–Crippen LogP) is 4.16. The molecule has 3 aromatic rings. The van der Waals surface area contributed by atoms with Crippen molar-refractivity contribution in [2.45, 2.75) is 12.5 Å². The van der Waals surface area contributed by atoms with Crippen molar-refractivity contribution in [2.75, 3.05) is 19.7 Å². The van der Waals surface area contributed by atoms with E-state index in [-0.39, 0.29) is 11.7 Å². The van der Waals surface area contributed by atoms with Crippen molar-refractivity contribution >= 4 is 11.5 Å². The van der Waals surface area contributed by atoms with Crippen LogP contribution in [0.3, 0.4) is 0 Å². The van der Waals surface area contributed by atoms with Gasteiger partial charge in [-0.1, -0.05) is 6.07 Å². The molecule has 1 fully saturated rings. The first-order valence-electron chi connectivity index (χ1n) is 8.91. The summed E-state index contributed by atoms with van der Waals surface area (Å²) in [5.41, 5.74) is 2.66. The van der Waals surface area contributed by atoms with Crippen molar-refractivity contribution in [1.29, 1.82) is 5.26 Å². The van der Waals surface area contributed by atoms with E-state index in [1.807, 2.05) is 12.1 Å². The number of rotatable bonds is 4. The first-order chi connectivity index (χ1) is 13.7. The highest BCUT2D eigenvalue weighted by Gasteiger charge is 2.21. The van der Waals surface area contributed by atoms with Crippen molar-refractivity contribution in [3.8, 4) is 27.6 Å². The Hall–Kier alpha value is -2.66. The number of aromatic nitrogens is 1. The lowest BCUT2D eigenvalue weighted by Gasteiger charge is -2.25. The Bertz CT molecular complexity index is 1020. The fourth-order valence-corrected chi connectivity index (χ4v) is 4.15. The Balaban J connectivity index is 1.85. The highest BCUT2D eigenvalue weighted by Crippen LogP contribution is 2.38. The summed E-state index contributed by atoms with van der Waals surface area (Å²) in [5, 5.41) is 12.3. The smallest absolute Gasteiger partial charge is 0.141 e. The van der Waals surface area contributed by atoms with E-state index in [0.29, 0.717) is 30.7 Å². The van der Waals surface area contributed by atoms with Crippen molar-refractivity contribution < 1.29 is 13.5 Å². The Labute approximate surface area is 165 Å². The van der Waals surface area contributed by atoms with Crippen LogP contribution in [0.25, 0.3) is 21.6 Å². The average Bonchev–Trinajstić information content (AvgIpc) is 3.22. The number of nitrogens with zero attached hydrogens (tertiary/aromatic N) is 2. The van der Waals surface area contributed by atoms with Gasteiger partial charge in [0.05, 0.1) is 23.2 Å². The predicted molar refractivity (Wildman–Crippen MR) is 104 cm³/mol. The Kier molecular flexibility index (Phi) is 5.44. The lowest BCUT2D eigenvalue weighted by molar-refractivity contribution is 0.0293. The van der Waals surface area contributed by atoms with E-state index >= 15 is 0 Å². The first kappa shape index (κ1) is 18.7. The summed E-state index contributed by atoms with van der Waals surface area (Å²) >= 11 is 1.30. The van der Waals surface area contributed by atoms with Gasteiger partial charge in [0.25, 0.3) is 0 Å². The number of nitrogens with one attached hydrogen (secondary N) is 1. The molecule has 0 unspecified atom stereocenters. The molecule has 2 aromatic carbocycles. The van der Waals surface area contributed by atoms with Gasteiger partial charge in [0.1, 0.15) is 17.7 Å². The summed E-state index contributed by atoms with van der Waals surface area (Å²) in [5.74, 6) is -1.02. The molecule has 0 aliphatic carbocycles. The molecule has 1 aliphatic heterocycles. The SMILES string of the molecule is N#Cc1ccc(-c2cc(F)cc(C[C@H]3CNCCO3)c2-c2ccns2)cc1F. The van der Waals surface area contributed by atoms with E-state index in [1.54, 1.807) is 12.3 Å². The summed E-state index contributed by atoms with van der Waals surface area (Å²) < 4.78 is 38.7. The number of benzene rings is 2. The van der Waals surface area contributed by atoms with Crippen LogP contribution in [0.15, 0.2) is 42.6 Å². The van der Waals surface area contributed by atoms with Crippen LogP contribution < -0.4 is 5.32 Å². The number of hydrogen-bond acceptors (Lipinski definition) is 5. The summed E-state index contributed by atoms with van der Waals surface area (Å²) in [6.07, 6.45) is 2.16. The largest absolute Gasteiger partial charge is 0.375 e. The first-order valence-corrected chi connectivity index (χ1v) is 9.69. The maximum Gasteiger partial charge on any atom is 0.141 e. The van der Waals surface area contributed by atoms with Crippen LogP contribution in [0.2, 0.25) is 0 Å². The quantitative estimate of drug-likeness (QED) is 0.718. The molecule has 1 aromatic heterocycles. The third-order valence-electron chi connectivity index (χ3n) is 4.72. The minimum Gasteiger partial charge on any atom is -0.375 e. The van der Waals surface area contributed by atoms with Crippen LogP contribution >= 0.6 is 11.5 Å². The third-order valence-corrected chi connectivity index (χ3v) is 5.49. The summed E-state index contributed by atoms with van der Waals surface area (Å²) in [6.45, 7) is 2.11. The van der Waals surface area contributed by atoms with Crippen molar-refractivity contribution in [3.63, 3.8) is 0 Å². The molecule has 1 saturated heterocycles. The van der Waals surface area contributed by atoms with Crippen LogP contribution in [0.1, 0.15) is 11.1 Å². The standard InChI is InChI=1S/C21H17F2N3OS/c22-16-7-15(8-17-12-25-5-6-27-17)21(20-3-4-26-28-20)18(10-16)13-1-2-14(11-24)19(23)9-13/h1-4,7,9-10,17,25H,5-6,8,12H2/t17-/m0/s1. The second-order valence-electron chi connectivity index (χ2n) is 6.57. The van der Waals surface area contributed by atoms with E-state index in [4.69, 9.17) is 10.00 Å². The summed E-state index contributed by atoms with van der Waals surface area (Å²) in [6, 6.07) is 10.9. The normalized spacial score (nSPS) is 16.7. The van der Waals surface area contributed by atoms with Crippen LogP contribution in [0, 0.1) is 23.0 Å². The number of nitriles is 1. The maximum absolute atomic E-state index is 14.5. The maximum atomic E-state index is 14.5. The highest BCUT2D eigenvalue weighted by atomic mass is 32.1. The van der Waals surface area contributed by atoms with Gasteiger partial charge in [-0.2, -0.15) is 5.26 Å². The summed E-state index contributed by atoms with van der Waals surface area (Å²) in [4.78, 5) is 0.874. The number of morpholine rings is 1. The topological polar surface area (TPSA) is 57.9 Å². The van der Waals surface area contributed by atoms with E-state index < -0.39 is 11.6 Å². The van der Waals surface area contributed by atoms with E-state index in [9.17, 15) is 8.78 Å². The van der Waals surface area contributed by atoms with Gasteiger partial charge in [-0.05, 0) is 58.6 Å². The number of halogens is 2. The molecule has 0 radical (unpaired) electrons. The van der Waals surface area contributed by atoms with Crippen LogP contribution in [-0.4, -0.2) is 30.2 Å². The zero-order valence-electron chi connectivity index (χ0n) is 14.9. The highest BCUT2D eigenvalue weighted by molar-refractivity contribution is 7.09. The minimum absolute atomic E-state index is 0.0404. The van der Waals surface area contributed by atoms with Gasteiger partial charge in [0.15, 0.2) is 0 Å². The lowest BCUT2D eigenvalue weighted by atomic mass is 9.91. The van der Waals surface area contributed by atoms with Crippen LogP contribution in [-0.2, 0) is 11.2 Å². The molecule has 7 heteroatoms. The Morgan fingerprint density at radius 1 is 1.25 bits per heavy atom. The Morgan fingerprint density at radius 3 is 2.82 bits per heavy atom. The molecule has 142 valence electrons. The molecule has 0 bridgehead atoms. The Morgan fingerprint density at radius 2 is 2.14 bits per heavy atom. The fourth-order valence-electron chi connectivity index (χ4n) is 3.46. The molecule has 2 heterocycles. The molecule has 1 atom stereocenters. The lowest BCUT2D eigenvalue weighted by Crippen LogP contribution is -2.39. The second-order valence-corrected chi connectivity index (χ2v) is 7.40. The monoisotopic (exact) mass is 397 g/mol. The average molecular weight is 397 g/mol. The van der Waals surface area contributed by atoms with Gasteiger partial charge >= 0.3 is 0 Å². The molecule has 28 heavy (non-hydrogen) atoms. The number of hydrogen-bond donors (Lipinski definition) is 1. The molecule has 4 nitrogen and oxygen atoms in total. The van der Waals surface area contributed by atoms with Gasteiger partial charge in [0, 0.05) is 31.3 Å². The second kappa shape index (κ2) is 8.15. The molecule has 1 aliphatic rings. The van der Waals surface area contributed by atoms with Crippen LogP contribution in [0.4, 0.5) is 8.78 Å². The third kappa shape index (κ3) is 3.80. The van der Waals surface area contributed by atoms with Crippen LogP contribution in [0.5, 0.6) is 0 Å². The number of ether oxygens (including phenoxy) is 1. The van der Waals surface area contributed by atoms with Gasteiger partial charge in [-0.3, -0.25) is 0 Å². The van der Waals surface area contributed by atoms with Crippen molar-refractivity contribution in [2.24, 2.45) is 0 Å². The molecule has 4 rings (SSSR count). The van der Waals surface area contributed by atoms with E-state index in [1.165, 1.54) is 35.8 Å². The molecular weight excluding hydrogens is 380 g/mol. The van der Waals surface area contributed by atoms with Gasteiger partial charge in [0.2, 0.25) is 0 Å². The fraction of sp³-hybridized carbons (Fsp3) is 0.238. The molecule has 1 N–H and O–H groups in total. The molecular formula is C21H17F2N3OS.